The van der Waals surface area contributed by atoms with Crippen LogP contribution in [0.3, 0.4) is 0 Å². The van der Waals surface area contributed by atoms with E-state index in [0.717, 1.165) is 14.6 Å². The fourth-order valence-electron chi connectivity index (χ4n) is 0.861. The molecule has 1 aromatic carbocycles. The molecule has 0 amide bonds. The summed E-state index contributed by atoms with van der Waals surface area (Å²) in [5.74, 6) is 5.78. The quantitative estimate of drug-likeness (QED) is 0.822. The van der Waals surface area contributed by atoms with Crippen LogP contribution in [-0.2, 0) is 0 Å². The molecule has 68 valence electrons. The zero-order valence-electron chi connectivity index (χ0n) is 7.20. The van der Waals surface area contributed by atoms with E-state index in [0.29, 0.717) is 6.54 Å². The first-order chi connectivity index (χ1) is 6.24. The maximum atomic E-state index is 3.46. The molecular weight excluding hydrogens is 294 g/mol. The minimum Gasteiger partial charge on any atom is -0.373 e. The molecule has 0 aliphatic rings. The Labute approximate surface area is 95.2 Å². The van der Waals surface area contributed by atoms with Crippen molar-refractivity contribution in [2.24, 2.45) is 0 Å². The van der Waals surface area contributed by atoms with Gasteiger partial charge in [-0.25, -0.2) is 0 Å². The number of anilines is 1. The largest absolute Gasteiger partial charge is 0.373 e. The predicted octanol–water partition coefficient (Wildman–Crippen LogP) is 3.65. The Morgan fingerprint density at radius 2 is 2.15 bits per heavy atom. The molecule has 0 fully saturated rings. The monoisotopic (exact) mass is 301 g/mol. The topological polar surface area (TPSA) is 12.0 Å². The highest BCUT2D eigenvalue weighted by Gasteiger charge is 1.97. The van der Waals surface area contributed by atoms with Gasteiger partial charge in [0, 0.05) is 14.6 Å². The van der Waals surface area contributed by atoms with Crippen molar-refractivity contribution in [1.82, 2.24) is 0 Å². The van der Waals surface area contributed by atoms with Gasteiger partial charge in [0.05, 0.1) is 6.54 Å². The molecule has 0 radical (unpaired) electrons. The van der Waals surface area contributed by atoms with E-state index in [-0.39, 0.29) is 0 Å². The molecule has 1 rings (SSSR count). The molecule has 0 aliphatic carbocycles. The average Bonchev–Trinajstić information content (AvgIpc) is 2.09. The maximum Gasteiger partial charge on any atom is 0.0766 e. The van der Waals surface area contributed by atoms with E-state index >= 15 is 0 Å². The molecule has 3 heteroatoms. The number of halogens is 2. The minimum absolute atomic E-state index is 0.677. The molecule has 0 saturated heterocycles. The van der Waals surface area contributed by atoms with Gasteiger partial charge in [-0.05, 0) is 41.1 Å². The van der Waals surface area contributed by atoms with Gasteiger partial charge in [-0.15, -0.1) is 5.92 Å². The van der Waals surface area contributed by atoms with E-state index < -0.39 is 0 Å². The first-order valence-corrected chi connectivity index (χ1v) is 5.41. The first kappa shape index (κ1) is 10.6. The lowest BCUT2D eigenvalue weighted by Gasteiger charge is -2.04. The van der Waals surface area contributed by atoms with Crippen LogP contribution in [0.2, 0.25) is 0 Å². The van der Waals surface area contributed by atoms with E-state index in [1.807, 2.05) is 25.1 Å². The lowest BCUT2D eigenvalue weighted by molar-refractivity contribution is 1.36. The third-order valence-corrected chi connectivity index (χ3v) is 2.62. The van der Waals surface area contributed by atoms with Crippen molar-refractivity contribution in [1.29, 1.82) is 0 Å². The molecule has 0 saturated carbocycles. The van der Waals surface area contributed by atoms with Crippen LogP contribution >= 0.6 is 31.9 Å². The fraction of sp³-hybridized carbons (Fsp3) is 0.200. The van der Waals surface area contributed by atoms with Gasteiger partial charge >= 0.3 is 0 Å². The third kappa shape index (κ3) is 3.41. The van der Waals surface area contributed by atoms with Crippen molar-refractivity contribution >= 4 is 37.5 Å². The number of benzene rings is 1. The van der Waals surface area contributed by atoms with Crippen molar-refractivity contribution < 1.29 is 0 Å². The number of hydrogen-bond donors (Lipinski definition) is 1. The average molecular weight is 303 g/mol. The van der Waals surface area contributed by atoms with E-state index in [1.54, 1.807) is 0 Å². The second-order valence-corrected chi connectivity index (χ2v) is 4.17. The normalized spacial score (nSPS) is 8.85. The Morgan fingerprint density at radius 3 is 2.77 bits per heavy atom. The molecule has 1 nitrogen and oxygen atoms in total. The molecule has 0 bridgehead atoms. The van der Waals surface area contributed by atoms with Crippen molar-refractivity contribution in [3.8, 4) is 11.8 Å². The molecule has 0 unspecified atom stereocenters. The Balaban J connectivity index is 2.70. The van der Waals surface area contributed by atoms with Gasteiger partial charge in [0.2, 0.25) is 0 Å². The summed E-state index contributed by atoms with van der Waals surface area (Å²) in [4.78, 5) is 0. The Kier molecular flexibility index (Phi) is 4.34. The van der Waals surface area contributed by atoms with Crippen LogP contribution in [0.1, 0.15) is 6.92 Å². The molecule has 1 aromatic rings. The molecular formula is C10H9Br2N. The standard InChI is InChI=1S/C10H9Br2N/c1-2-3-6-13-10-5-4-8(11)7-9(10)12/h4-5,7,13H,6H2,1H3. The Morgan fingerprint density at radius 1 is 1.38 bits per heavy atom. The molecule has 0 aromatic heterocycles. The summed E-state index contributed by atoms with van der Waals surface area (Å²) in [6.07, 6.45) is 0. The second kappa shape index (κ2) is 5.31. The summed E-state index contributed by atoms with van der Waals surface area (Å²) in [6.45, 7) is 2.51. The lowest BCUT2D eigenvalue weighted by atomic mass is 10.3. The summed E-state index contributed by atoms with van der Waals surface area (Å²) in [7, 11) is 0. The van der Waals surface area contributed by atoms with Crippen molar-refractivity contribution in [2.75, 3.05) is 11.9 Å². The highest BCUT2D eigenvalue weighted by atomic mass is 79.9. The van der Waals surface area contributed by atoms with Crippen LogP contribution in [0.4, 0.5) is 5.69 Å². The van der Waals surface area contributed by atoms with Gasteiger partial charge in [0.25, 0.3) is 0 Å². The van der Waals surface area contributed by atoms with Gasteiger partial charge in [0.15, 0.2) is 0 Å². The summed E-state index contributed by atoms with van der Waals surface area (Å²) >= 11 is 6.85. The number of nitrogens with one attached hydrogen (secondary N) is 1. The summed E-state index contributed by atoms with van der Waals surface area (Å²) in [5, 5.41) is 3.20. The zero-order chi connectivity index (χ0) is 9.68. The number of rotatable bonds is 2. The molecule has 0 heterocycles. The van der Waals surface area contributed by atoms with Crippen LogP contribution < -0.4 is 5.32 Å². The highest BCUT2D eigenvalue weighted by Crippen LogP contribution is 2.25. The fourth-order valence-corrected chi connectivity index (χ4v) is 2.05. The Bertz CT molecular complexity index is 350. The maximum absolute atomic E-state index is 3.46. The molecule has 0 aliphatic heterocycles. The van der Waals surface area contributed by atoms with E-state index in [9.17, 15) is 0 Å². The van der Waals surface area contributed by atoms with Crippen LogP contribution in [0.25, 0.3) is 0 Å². The van der Waals surface area contributed by atoms with Crippen LogP contribution in [0.5, 0.6) is 0 Å². The predicted molar refractivity (Wildman–Crippen MR) is 63.8 cm³/mol. The molecule has 0 atom stereocenters. The summed E-state index contributed by atoms with van der Waals surface area (Å²) in [6, 6.07) is 6.00. The van der Waals surface area contributed by atoms with Crippen LogP contribution in [0.15, 0.2) is 27.1 Å². The van der Waals surface area contributed by atoms with Crippen molar-refractivity contribution in [3.05, 3.63) is 27.1 Å². The van der Waals surface area contributed by atoms with E-state index in [2.05, 4.69) is 49.0 Å². The van der Waals surface area contributed by atoms with Gasteiger partial charge in [-0.1, -0.05) is 21.9 Å². The van der Waals surface area contributed by atoms with Gasteiger partial charge in [0.1, 0.15) is 0 Å². The molecule has 1 N–H and O–H groups in total. The summed E-state index contributed by atoms with van der Waals surface area (Å²) < 4.78 is 2.10. The minimum atomic E-state index is 0.677. The molecule has 13 heavy (non-hydrogen) atoms. The zero-order valence-corrected chi connectivity index (χ0v) is 10.4. The van der Waals surface area contributed by atoms with Gasteiger partial charge in [-0.3, -0.25) is 0 Å². The first-order valence-electron chi connectivity index (χ1n) is 3.82. The number of hydrogen-bond acceptors (Lipinski definition) is 1. The highest BCUT2D eigenvalue weighted by molar-refractivity contribution is 9.11. The molecule has 0 spiro atoms. The van der Waals surface area contributed by atoms with Gasteiger partial charge < -0.3 is 5.32 Å². The second-order valence-electron chi connectivity index (χ2n) is 2.40. The van der Waals surface area contributed by atoms with E-state index in [4.69, 9.17) is 0 Å². The lowest BCUT2D eigenvalue weighted by Crippen LogP contribution is -1.98. The summed E-state index contributed by atoms with van der Waals surface area (Å²) in [5.41, 5.74) is 1.06. The van der Waals surface area contributed by atoms with Crippen molar-refractivity contribution in [2.45, 2.75) is 6.92 Å². The third-order valence-electron chi connectivity index (χ3n) is 1.48. The van der Waals surface area contributed by atoms with Crippen LogP contribution in [0, 0.1) is 11.8 Å². The SMILES string of the molecule is CC#CCNc1ccc(Br)cc1Br. The Hall–Kier alpha value is -0.460. The van der Waals surface area contributed by atoms with Gasteiger partial charge in [-0.2, -0.15) is 0 Å². The van der Waals surface area contributed by atoms with Crippen molar-refractivity contribution in [3.63, 3.8) is 0 Å². The van der Waals surface area contributed by atoms with Crippen LogP contribution in [-0.4, -0.2) is 6.54 Å². The smallest absolute Gasteiger partial charge is 0.0766 e. The van der Waals surface area contributed by atoms with E-state index in [1.165, 1.54) is 0 Å².